The Labute approximate surface area is 81.3 Å². The molecule has 1 nitrogen and oxygen atoms in total. The van der Waals surface area contributed by atoms with Crippen LogP contribution in [0.4, 0.5) is 13.2 Å². The fraction of sp³-hybridized carbons (Fsp3) is 0.250. The smallest absolute Gasteiger partial charge is 0.296 e. The summed E-state index contributed by atoms with van der Waals surface area (Å²) in [5, 5.41) is 8.37. The van der Waals surface area contributed by atoms with Crippen LogP contribution in [-0.2, 0) is 5.92 Å². The molecule has 1 aromatic rings. The van der Waals surface area contributed by atoms with Crippen molar-refractivity contribution in [2.24, 2.45) is 0 Å². The first-order chi connectivity index (χ1) is 5.99. The van der Waals surface area contributed by atoms with Crippen LogP contribution in [0.15, 0.2) is 22.7 Å². The lowest BCUT2D eigenvalue weighted by atomic mass is 10.1. The number of hydrogen-bond donors (Lipinski definition) is 1. The largest absolute Gasteiger partial charge is 0.390 e. The third kappa shape index (κ3) is 2.03. The van der Waals surface area contributed by atoms with E-state index in [2.05, 4.69) is 15.9 Å². The van der Waals surface area contributed by atoms with E-state index in [4.69, 9.17) is 5.11 Å². The zero-order chi connectivity index (χ0) is 10.1. The van der Waals surface area contributed by atoms with E-state index in [1.165, 1.54) is 6.07 Å². The van der Waals surface area contributed by atoms with Crippen molar-refractivity contribution in [3.8, 4) is 0 Å². The summed E-state index contributed by atoms with van der Waals surface area (Å²) in [6.07, 6.45) is 0. The van der Waals surface area contributed by atoms with Gasteiger partial charge in [-0.3, -0.25) is 0 Å². The first-order valence-electron chi connectivity index (χ1n) is 3.42. The number of halogens is 4. The van der Waals surface area contributed by atoms with Gasteiger partial charge in [0.25, 0.3) is 5.92 Å². The van der Waals surface area contributed by atoms with Crippen molar-refractivity contribution in [2.75, 3.05) is 6.61 Å². The van der Waals surface area contributed by atoms with Crippen LogP contribution in [0.5, 0.6) is 0 Å². The molecule has 0 aliphatic heterocycles. The average molecular weight is 255 g/mol. The van der Waals surface area contributed by atoms with Crippen molar-refractivity contribution < 1.29 is 18.3 Å². The molecule has 1 rings (SSSR count). The SMILES string of the molecule is OCC(F)(F)c1cccc(F)c1Br. The molecule has 0 aliphatic carbocycles. The van der Waals surface area contributed by atoms with Crippen molar-refractivity contribution in [3.05, 3.63) is 34.1 Å². The maximum Gasteiger partial charge on any atom is 0.296 e. The zero-order valence-electron chi connectivity index (χ0n) is 6.40. The maximum absolute atomic E-state index is 12.9. The van der Waals surface area contributed by atoms with Crippen LogP contribution in [-0.4, -0.2) is 11.7 Å². The number of benzene rings is 1. The molecule has 0 bridgehead atoms. The molecule has 1 N–H and O–H groups in total. The van der Waals surface area contributed by atoms with Crippen LogP contribution in [0.2, 0.25) is 0 Å². The molecule has 1 aromatic carbocycles. The van der Waals surface area contributed by atoms with Gasteiger partial charge in [-0.05, 0) is 22.0 Å². The van der Waals surface area contributed by atoms with E-state index in [0.717, 1.165) is 12.1 Å². The quantitative estimate of drug-likeness (QED) is 0.861. The molecule has 0 saturated carbocycles. The first-order valence-corrected chi connectivity index (χ1v) is 4.21. The summed E-state index contributed by atoms with van der Waals surface area (Å²) in [6, 6.07) is 3.28. The van der Waals surface area contributed by atoms with E-state index in [-0.39, 0.29) is 4.47 Å². The molecule has 0 spiro atoms. The summed E-state index contributed by atoms with van der Waals surface area (Å²) in [5.41, 5.74) is -0.546. The third-order valence-corrected chi connectivity index (χ3v) is 2.35. The summed E-state index contributed by atoms with van der Waals surface area (Å²) >= 11 is 2.69. The molecule has 0 aliphatic rings. The van der Waals surface area contributed by atoms with Gasteiger partial charge in [0, 0.05) is 5.56 Å². The molecular formula is C8H6BrF3O. The van der Waals surface area contributed by atoms with E-state index in [1.54, 1.807) is 0 Å². The van der Waals surface area contributed by atoms with Gasteiger partial charge in [-0.15, -0.1) is 0 Å². The van der Waals surface area contributed by atoms with Crippen molar-refractivity contribution >= 4 is 15.9 Å². The van der Waals surface area contributed by atoms with Gasteiger partial charge in [-0.2, -0.15) is 8.78 Å². The molecule has 0 heterocycles. The number of aliphatic hydroxyl groups is 1. The van der Waals surface area contributed by atoms with Crippen LogP contribution in [0.1, 0.15) is 5.56 Å². The van der Waals surface area contributed by atoms with Crippen LogP contribution in [0.25, 0.3) is 0 Å². The van der Waals surface area contributed by atoms with E-state index in [9.17, 15) is 13.2 Å². The highest BCUT2D eigenvalue weighted by atomic mass is 79.9. The molecular weight excluding hydrogens is 249 g/mol. The molecule has 0 fully saturated rings. The summed E-state index contributed by atoms with van der Waals surface area (Å²) in [7, 11) is 0. The first kappa shape index (κ1) is 10.5. The summed E-state index contributed by atoms with van der Waals surface area (Å²) in [6.45, 7) is -1.34. The second-order valence-corrected chi connectivity index (χ2v) is 3.26. The normalized spacial score (nSPS) is 11.8. The number of alkyl halides is 2. The van der Waals surface area contributed by atoms with Crippen LogP contribution >= 0.6 is 15.9 Å². The fourth-order valence-corrected chi connectivity index (χ4v) is 1.43. The molecule has 0 saturated heterocycles. The number of rotatable bonds is 2. The van der Waals surface area contributed by atoms with Gasteiger partial charge < -0.3 is 5.11 Å². The highest BCUT2D eigenvalue weighted by Gasteiger charge is 2.33. The van der Waals surface area contributed by atoms with Gasteiger partial charge in [0.2, 0.25) is 0 Å². The van der Waals surface area contributed by atoms with Crippen molar-refractivity contribution in [3.63, 3.8) is 0 Å². The minimum absolute atomic E-state index is 0.311. The van der Waals surface area contributed by atoms with Crippen molar-refractivity contribution in [2.45, 2.75) is 5.92 Å². The molecule has 0 atom stereocenters. The minimum Gasteiger partial charge on any atom is -0.390 e. The Balaban J connectivity index is 3.22. The molecule has 0 unspecified atom stereocenters. The number of hydrogen-bond acceptors (Lipinski definition) is 1. The lowest BCUT2D eigenvalue weighted by Gasteiger charge is -2.15. The zero-order valence-corrected chi connectivity index (χ0v) is 7.98. The molecule has 13 heavy (non-hydrogen) atoms. The molecule has 0 amide bonds. The van der Waals surface area contributed by atoms with Gasteiger partial charge >= 0.3 is 0 Å². The Morgan fingerprint density at radius 3 is 2.54 bits per heavy atom. The standard InChI is InChI=1S/C8H6BrF3O/c9-7-5(8(11,12)4-13)2-1-3-6(7)10/h1-3,13H,4H2. The van der Waals surface area contributed by atoms with Gasteiger partial charge in [-0.1, -0.05) is 12.1 Å². The van der Waals surface area contributed by atoms with Crippen LogP contribution in [0.3, 0.4) is 0 Å². The van der Waals surface area contributed by atoms with Crippen LogP contribution in [0, 0.1) is 5.82 Å². The monoisotopic (exact) mass is 254 g/mol. The topological polar surface area (TPSA) is 20.2 Å². The molecule has 5 heteroatoms. The Morgan fingerprint density at radius 2 is 2.00 bits per heavy atom. The van der Waals surface area contributed by atoms with Gasteiger partial charge in [-0.25, -0.2) is 4.39 Å². The van der Waals surface area contributed by atoms with Gasteiger partial charge in [0.1, 0.15) is 12.4 Å². The third-order valence-electron chi connectivity index (χ3n) is 1.54. The summed E-state index contributed by atoms with van der Waals surface area (Å²) in [5.74, 6) is -4.19. The average Bonchev–Trinajstić information content (AvgIpc) is 2.09. The van der Waals surface area contributed by atoms with E-state index in [0.29, 0.717) is 0 Å². The molecule has 72 valence electrons. The van der Waals surface area contributed by atoms with Crippen molar-refractivity contribution in [1.29, 1.82) is 0 Å². The van der Waals surface area contributed by atoms with E-state index < -0.39 is 23.9 Å². The lowest BCUT2D eigenvalue weighted by molar-refractivity contribution is -0.0564. The van der Waals surface area contributed by atoms with Crippen LogP contribution < -0.4 is 0 Å². The highest BCUT2D eigenvalue weighted by molar-refractivity contribution is 9.10. The molecule has 0 radical (unpaired) electrons. The Hall–Kier alpha value is -0.550. The fourth-order valence-electron chi connectivity index (χ4n) is 0.871. The van der Waals surface area contributed by atoms with Gasteiger partial charge in [0.05, 0.1) is 4.47 Å². The van der Waals surface area contributed by atoms with Gasteiger partial charge in [0.15, 0.2) is 0 Å². The van der Waals surface area contributed by atoms with E-state index >= 15 is 0 Å². The number of aliphatic hydroxyl groups excluding tert-OH is 1. The second-order valence-electron chi connectivity index (χ2n) is 2.46. The van der Waals surface area contributed by atoms with E-state index in [1.807, 2.05) is 0 Å². The molecule has 0 aromatic heterocycles. The lowest BCUT2D eigenvalue weighted by Crippen LogP contribution is -2.19. The predicted octanol–water partition coefficient (Wildman–Crippen LogP) is 2.67. The highest BCUT2D eigenvalue weighted by Crippen LogP contribution is 2.34. The second kappa shape index (κ2) is 3.67. The summed E-state index contributed by atoms with van der Waals surface area (Å²) < 4.78 is 38.2. The Morgan fingerprint density at radius 1 is 1.38 bits per heavy atom. The Kier molecular flexibility index (Phi) is 2.98. The Bertz CT molecular complexity index is 314. The summed E-state index contributed by atoms with van der Waals surface area (Å²) in [4.78, 5) is 0. The predicted molar refractivity (Wildman–Crippen MR) is 45.1 cm³/mol. The van der Waals surface area contributed by atoms with Crippen molar-refractivity contribution in [1.82, 2.24) is 0 Å². The maximum atomic E-state index is 12.9. The minimum atomic E-state index is -3.42.